The number of aryl methyl sites for hydroxylation is 1. The number of nitrogens with zero attached hydrogens (tertiary/aromatic N) is 3. The summed E-state index contributed by atoms with van der Waals surface area (Å²) >= 11 is 0. The Hall–Kier alpha value is -2.33. The molecule has 1 aliphatic rings. The summed E-state index contributed by atoms with van der Waals surface area (Å²) in [5, 5.41) is 1.30. The van der Waals surface area contributed by atoms with Gasteiger partial charge in [0.2, 0.25) is 0 Å². The van der Waals surface area contributed by atoms with E-state index >= 15 is 0 Å². The van der Waals surface area contributed by atoms with E-state index in [0.29, 0.717) is 0 Å². The van der Waals surface area contributed by atoms with Crippen molar-refractivity contribution in [2.75, 3.05) is 31.1 Å². The number of nitrogens with one attached hydrogen (secondary N) is 1. The highest BCUT2D eigenvalue weighted by Crippen LogP contribution is 2.19. The molecule has 1 fully saturated rings. The first-order chi connectivity index (χ1) is 11.8. The van der Waals surface area contributed by atoms with Gasteiger partial charge in [0.1, 0.15) is 0 Å². The van der Waals surface area contributed by atoms with E-state index in [1.165, 1.54) is 28.6 Å². The fourth-order valence-corrected chi connectivity index (χ4v) is 3.57. The van der Waals surface area contributed by atoms with Crippen LogP contribution in [0.4, 0.5) is 5.69 Å². The smallest absolute Gasteiger partial charge is 0.0454 e. The number of hydrogen-bond acceptors (Lipinski definition) is 3. The van der Waals surface area contributed by atoms with Crippen LogP contribution >= 0.6 is 0 Å². The quantitative estimate of drug-likeness (QED) is 0.801. The molecule has 1 saturated heterocycles. The molecule has 1 aliphatic heterocycles. The summed E-state index contributed by atoms with van der Waals surface area (Å²) in [6.45, 7) is 7.56. The van der Waals surface area contributed by atoms with Gasteiger partial charge in [0.05, 0.1) is 0 Å². The summed E-state index contributed by atoms with van der Waals surface area (Å²) in [6, 6.07) is 13.2. The molecular weight excluding hydrogens is 296 g/mol. The van der Waals surface area contributed by atoms with Gasteiger partial charge >= 0.3 is 0 Å². The van der Waals surface area contributed by atoms with Crippen molar-refractivity contribution in [3.05, 3.63) is 60.0 Å². The zero-order valence-electron chi connectivity index (χ0n) is 14.2. The van der Waals surface area contributed by atoms with Crippen LogP contribution in [0, 0.1) is 6.92 Å². The molecule has 124 valence electrons. The van der Waals surface area contributed by atoms with Crippen LogP contribution in [0.1, 0.15) is 17.7 Å². The highest BCUT2D eigenvalue weighted by atomic mass is 15.2. The Morgan fingerprint density at radius 3 is 2.92 bits per heavy atom. The number of anilines is 1. The number of hydrogen-bond donors (Lipinski definition) is 1. The minimum atomic E-state index is 1.03. The number of benzene rings is 1. The number of aromatic amines is 1. The second kappa shape index (κ2) is 6.65. The van der Waals surface area contributed by atoms with Crippen LogP contribution in [-0.2, 0) is 6.54 Å². The van der Waals surface area contributed by atoms with Gasteiger partial charge in [-0.25, -0.2) is 0 Å². The third-order valence-corrected chi connectivity index (χ3v) is 4.86. The van der Waals surface area contributed by atoms with Gasteiger partial charge < -0.3 is 9.88 Å². The minimum Gasteiger partial charge on any atom is -0.370 e. The van der Waals surface area contributed by atoms with Crippen LogP contribution < -0.4 is 4.90 Å². The number of aromatic nitrogens is 2. The second-order valence-corrected chi connectivity index (χ2v) is 6.67. The Morgan fingerprint density at radius 2 is 2.00 bits per heavy atom. The van der Waals surface area contributed by atoms with Crippen LogP contribution in [0.2, 0.25) is 0 Å². The van der Waals surface area contributed by atoms with Crippen molar-refractivity contribution in [1.29, 1.82) is 0 Å². The first-order valence-electron chi connectivity index (χ1n) is 8.74. The molecule has 0 radical (unpaired) electrons. The zero-order valence-corrected chi connectivity index (χ0v) is 14.2. The van der Waals surface area contributed by atoms with Crippen molar-refractivity contribution in [3.63, 3.8) is 0 Å². The minimum absolute atomic E-state index is 1.03. The topological polar surface area (TPSA) is 35.2 Å². The number of H-pyrrole nitrogens is 1. The van der Waals surface area contributed by atoms with Gasteiger partial charge in [0.15, 0.2) is 0 Å². The molecule has 4 heteroatoms. The SMILES string of the molecule is Cc1cc(N2CCCN(Cc3ccc4[nH]ccc4c3)CC2)ccn1. The highest BCUT2D eigenvalue weighted by Gasteiger charge is 2.15. The molecule has 3 aromatic rings. The summed E-state index contributed by atoms with van der Waals surface area (Å²) in [5.41, 5.74) is 5.01. The van der Waals surface area contributed by atoms with Crippen LogP contribution in [0.5, 0.6) is 0 Å². The van der Waals surface area contributed by atoms with Gasteiger partial charge in [-0.2, -0.15) is 0 Å². The summed E-state index contributed by atoms with van der Waals surface area (Å²) in [7, 11) is 0. The van der Waals surface area contributed by atoms with E-state index in [1.54, 1.807) is 0 Å². The lowest BCUT2D eigenvalue weighted by Crippen LogP contribution is -2.30. The third kappa shape index (κ3) is 3.29. The van der Waals surface area contributed by atoms with E-state index in [2.05, 4.69) is 63.1 Å². The molecular formula is C20H24N4. The van der Waals surface area contributed by atoms with Crippen LogP contribution in [0.25, 0.3) is 10.9 Å². The first kappa shape index (κ1) is 15.2. The van der Waals surface area contributed by atoms with E-state index in [1.807, 2.05) is 12.4 Å². The Morgan fingerprint density at radius 1 is 1.04 bits per heavy atom. The van der Waals surface area contributed by atoms with Crippen molar-refractivity contribution in [2.24, 2.45) is 0 Å². The van der Waals surface area contributed by atoms with E-state index in [9.17, 15) is 0 Å². The van der Waals surface area contributed by atoms with E-state index in [4.69, 9.17) is 0 Å². The Bertz CT molecular complexity index is 823. The molecule has 0 unspecified atom stereocenters. The predicted molar refractivity (Wildman–Crippen MR) is 99.4 cm³/mol. The van der Waals surface area contributed by atoms with Crippen molar-refractivity contribution in [2.45, 2.75) is 19.9 Å². The fraction of sp³-hybridized carbons (Fsp3) is 0.350. The normalized spacial score (nSPS) is 16.5. The van der Waals surface area contributed by atoms with Gasteiger partial charge in [-0.3, -0.25) is 9.88 Å². The molecule has 0 bridgehead atoms. The molecule has 2 aromatic heterocycles. The van der Waals surface area contributed by atoms with Crippen molar-refractivity contribution in [1.82, 2.24) is 14.9 Å². The molecule has 24 heavy (non-hydrogen) atoms. The van der Waals surface area contributed by atoms with Gasteiger partial charge in [0.25, 0.3) is 0 Å². The maximum atomic E-state index is 4.31. The Kier molecular flexibility index (Phi) is 4.22. The van der Waals surface area contributed by atoms with Crippen LogP contribution in [-0.4, -0.2) is 41.0 Å². The average molecular weight is 320 g/mol. The lowest BCUT2D eigenvalue weighted by molar-refractivity contribution is 0.285. The highest BCUT2D eigenvalue weighted by molar-refractivity contribution is 5.79. The van der Waals surface area contributed by atoms with Crippen molar-refractivity contribution >= 4 is 16.6 Å². The van der Waals surface area contributed by atoms with Crippen molar-refractivity contribution < 1.29 is 0 Å². The summed E-state index contributed by atoms with van der Waals surface area (Å²) in [6.07, 6.45) is 5.13. The second-order valence-electron chi connectivity index (χ2n) is 6.67. The molecule has 4 nitrogen and oxygen atoms in total. The van der Waals surface area contributed by atoms with Gasteiger partial charge in [-0.1, -0.05) is 6.07 Å². The van der Waals surface area contributed by atoms with Gasteiger partial charge in [-0.05, 0) is 54.6 Å². The lowest BCUT2D eigenvalue weighted by Gasteiger charge is -2.24. The number of pyridine rings is 1. The molecule has 0 spiro atoms. The number of rotatable bonds is 3. The number of fused-ring (bicyclic) bond motifs is 1. The van der Waals surface area contributed by atoms with E-state index < -0.39 is 0 Å². The largest absolute Gasteiger partial charge is 0.370 e. The third-order valence-electron chi connectivity index (χ3n) is 4.86. The van der Waals surface area contributed by atoms with Gasteiger partial charge in [0, 0.05) is 62.0 Å². The predicted octanol–water partition coefficient (Wildman–Crippen LogP) is 3.58. The average Bonchev–Trinajstić information content (AvgIpc) is 2.93. The van der Waals surface area contributed by atoms with E-state index in [-0.39, 0.29) is 0 Å². The fourth-order valence-electron chi connectivity index (χ4n) is 3.57. The Labute approximate surface area is 143 Å². The molecule has 0 saturated carbocycles. The molecule has 0 amide bonds. The molecule has 1 N–H and O–H groups in total. The van der Waals surface area contributed by atoms with Crippen LogP contribution in [0.15, 0.2) is 48.8 Å². The first-order valence-corrected chi connectivity index (χ1v) is 8.74. The molecule has 0 aliphatic carbocycles. The zero-order chi connectivity index (χ0) is 16.4. The van der Waals surface area contributed by atoms with Gasteiger partial charge in [-0.15, -0.1) is 0 Å². The standard InChI is InChI=1S/C20H24N4/c1-16-13-19(6-8-21-16)24-10-2-9-23(11-12-24)15-17-3-4-20-18(14-17)5-7-22-20/h3-8,13-14,22H,2,9-12,15H2,1H3. The molecule has 1 aromatic carbocycles. The maximum absolute atomic E-state index is 4.31. The maximum Gasteiger partial charge on any atom is 0.0454 e. The molecule has 4 rings (SSSR count). The molecule has 0 atom stereocenters. The summed E-state index contributed by atoms with van der Waals surface area (Å²) in [5.74, 6) is 0. The Balaban J connectivity index is 1.42. The summed E-state index contributed by atoms with van der Waals surface area (Å²) < 4.78 is 0. The lowest BCUT2D eigenvalue weighted by atomic mass is 10.1. The van der Waals surface area contributed by atoms with Crippen molar-refractivity contribution in [3.8, 4) is 0 Å². The monoisotopic (exact) mass is 320 g/mol. The summed E-state index contributed by atoms with van der Waals surface area (Å²) in [4.78, 5) is 12.6. The molecule has 3 heterocycles. The van der Waals surface area contributed by atoms with Crippen LogP contribution in [0.3, 0.4) is 0 Å². The van der Waals surface area contributed by atoms with E-state index in [0.717, 1.165) is 38.4 Å².